The van der Waals surface area contributed by atoms with Crippen molar-refractivity contribution >= 4 is 13.7 Å². The fourth-order valence-electron chi connectivity index (χ4n) is 3.49. The molecule has 2 aromatic carbocycles. The van der Waals surface area contributed by atoms with Gasteiger partial charge in [-0.2, -0.15) is 0 Å². The van der Waals surface area contributed by atoms with Crippen molar-refractivity contribution in [3.8, 4) is 11.1 Å². The van der Waals surface area contributed by atoms with E-state index in [1.807, 2.05) is 36.4 Å². The summed E-state index contributed by atoms with van der Waals surface area (Å²) in [7, 11) is -2.17. The summed E-state index contributed by atoms with van der Waals surface area (Å²) in [6.45, 7) is 15.3. The Kier molecular flexibility index (Phi) is 5.25. The van der Waals surface area contributed by atoms with Crippen LogP contribution in [0.5, 0.6) is 0 Å². The Hall–Kier alpha value is -1.21. The third kappa shape index (κ3) is 3.72. The zero-order chi connectivity index (χ0) is 18.3. The van der Waals surface area contributed by atoms with Crippen LogP contribution in [0, 0.1) is 6.92 Å². The van der Waals surface area contributed by atoms with Gasteiger partial charge in [0.1, 0.15) is 0 Å². The lowest BCUT2D eigenvalue weighted by Crippen LogP contribution is -2.27. The van der Waals surface area contributed by atoms with Gasteiger partial charge in [0.15, 0.2) is 8.38 Å². The van der Waals surface area contributed by atoms with E-state index in [0.717, 1.165) is 16.7 Å². The molecule has 0 aliphatic heterocycles. The van der Waals surface area contributed by atoms with Crippen molar-refractivity contribution in [1.29, 1.82) is 0 Å². The van der Waals surface area contributed by atoms with Crippen LogP contribution in [0.1, 0.15) is 58.2 Å². The van der Waals surface area contributed by atoms with Gasteiger partial charge in [0.2, 0.25) is 0 Å². The second kappa shape index (κ2) is 6.59. The summed E-state index contributed by atoms with van der Waals surface area (Å²) in [5, 5.41) is 0.645. The van der Waals surface area contributed by atoms with Crippen LogP contribution >= 0.6 is 8.38 Å². The zero-order valence-corrected chi connectivity index (χ0v) is 16.7. The minimum absolute atomic E-state index is 0.0254. The summed E-state index contributed by atoms with van der Waals surface area (Å²) in [5.41, 5.74) is 5.54. The van der Waals surface area contributed by atoms with Gasteiger partial charge in [0.25, 0.3) is 0 Å². The Labute approximate surface area is 147 Å². The molecule has 3 heteroatoms. The molecular weight excluding hydrogens is 315 g/mol. The van der Waals surface area contributed by atoms with Crippen molar-refractivity contribution in [2.24, 2.45) is 0 Å². The van der Waals surface area contributed by atoms with Gasteiger partial charge >= 0.3 is 0 Å². The molecule has 0 saturated heterocycles. The Morgan fingerprint density at radius 1 is 0.833 bits per heavy atom. The predicted octanol–water partition coefficient (Wildman–Crippen LogP) is 5.18. The lowest BCUT2D eigenvalue weighted by molar-refractivity contribution is 0.496. The fraction of sp³-hybridized carbons (Fsp3) is 0.429. The van der Waals surface area contributed by atoms with Crippen molar-refractivity contribution in [3.05, 3.63) is 53.1 Å². The highest BCUT2D eigenvalue weighted by Gasteiger charge is 2.31. The molecule has 0 saturated carbocycles. The minimum atomic E-state index is -2.17. The highest BCUT2D eigenvalue weighted by atomic mass is 31.2. The molecule has 0 radical (unpaired) electrons. The van der Waals surface area contributed by atoms with E-state index in [2.05, 4.69) is 48.5 Å². The zero-order valence-electron chi connectivity index (χ0n) is 15.8. The monoisotopic (exact) mass is 344 g/mol. The molecule has 130 valence electrons. The van der Waals surface area contributed by atoms with Gasteiger partial charge in [-0.05, 0) is 51.6 Å². The summed E-state index contributed by atoms with van der Waals surface area (Å²) >= 11 is 0. The standard InChI is InChI=1S/C21H29O2P/c1-14-18(15-11-9-8-10-12-15)17(24(22)23)13-16(20(2,3)4)19(14)21(5,6)7/h8-13,22-23H,1-7H3. The maximum atomic E-state index is 10.1. The first kappa shape index (κ1) is 19.1. The lowest BCUT2D eigenvalue weighted by atomic mass is 9.72. The Balaban J connectivity index is 2.96. The molecule has 0 amide bonds. The van der Waals surface area contributed by atoms with Crippen LogP contribution in [0.25, 0.3) is 11.1 Å². The molecule has 2 N–H and O–H groups in total. The predicted molar refractivity (Wildman–Crippen MR) is 105 cm³/mol. The molecule has 24 heavy (non-hydrogen) atoms. The highest BCUT2D eigenvalue weighted by Crippen LogP contribution is 2.42. The van der Waals surface area contributed by atoms with Crippen LogP contribution in [0.4, 0.5) is 0 Å². The summed E-state index contributed by atoms with van der Waals surface area (Å²) < 4.78 is 0. The van der Waals surface area contributed by atoms with Crippen LogP contribution in [0.15, 0.2) is 36.4 Å². The van der Waals surface area contributed by atoms with E-state index >= 15 is 0 Å². The van der Waals surface area contributed by atoms with E-state index in [-0.39, 0.29) is 10.8 Å². The summed E-state index contributed by atoms with van der Waals surface area (Å²) in [6.07, 6.45) is 0. The molecule has 2 aromatic rings. The Morgan fingerprint density at radius 3 is 1.79 bits per heavy atom. The molecule has 0 heterocycles. The Morgan fingerprint density at radius 2 is 1.38 bits per heavy atom. The second-order valence-electron chi connectivity index (χ2n) is 8.47. The Bertz CT molecular complexity index is 720. The molecule has 2 nitrogen and oxygen atoms in total. The summed E-state index contributed by atoms with van der Waals surface area (Å²) in [4.78, 5) is 20.2. The van der Waals surface area contributed by atoms with Crippen molar-refractivity contribution in [3.63, 3.8) is 0 Å². The molecule has 2 rings (SSSR count). The normalized spacial score (nSPS) is 12.8. The average molecular weight is 344 g/mol. The molecule has 0 aromatic heterocycles. The van der Waals surface area contributed by atoms with Crippen molar-refractivity contribution in [2.75, 3.05) is 0 Å². The van der Waals surface area contributed by atoms with Gasteiger partial charge < -0.3 is 9.79 Å². The van der Waals surface area contributed by atoms with Gasteiger partial charge in [-0.3, -0.25) is 0 Å². The van der Waals surface area contributed by atoms with E-state index in [1.165, 1.54) is 11.1 Å². The number of benzene rings is 2. The summed E-state index contributed by atoms with van der Waals surface area (Å²) in [5.74, 6) is 0. The molecule has 0 unspecified atom stereocenters. The second-order valence-corrected chi connectivity index (χ2v) is 9.53. The van der Waals surface area contributed by atoms with Crippen molar-refractivity contribution in [1.82, 2.24) is 0 Å². The first-order valence-electron chi connectivity index (χ1n) is 8.36. The third-order valence-corrected chi connectivity index (χ3v) is 5.18. The molecule has 0 spiro atoms. The van der Waals surface area contributed by atoms with E-state index in [1.54, 1.807) is 0 Å². The molecule has 0 fully saturated rings. The van der Waals surface area contributed by atoms with Crippen LogP contribution in [-0.2, 0) is 10.8 Å². The minimum Gasteiger partial charge on any atom is -0.347 e. The van der Waals surface area contributed by atoms with Crippen LogP contribution in [0.2, 0.25) is 0 Å². The quantitative estimate of drug-likeness (QED) is 0.737. The number of rotatable bonds is 2. The first-order valence-corrected chi connectivity index (χ1v) is 9.61. The molecule has 0 aliphatic carbocycles. The van der Waals surface area contributed by atoms with Gasteiger partial charge in [0.05, 0.1) is 0 Å². The first-order chi connectivity index (χ1) is 10.9. The maximum Gasteiger partial charge on any atom is 0.200 e. The van der Waals surface area contributed by atoms with E-state index in [4.69, 9.17) is 0 Å². The molecule has 0 atom stereocenters. The topological polar surface area (TPSA) is 40.5 Å². The van der Waals surface area contributed by atoms with E-state index < -0.39 is 8.38 Å². The largest absolute Gasteiger partial charge is 0.347 e. The van der Waals surface area contributed by atoms with Gasteiger partial charge in [0, 0.05) is 5.30 Å². The van der Waals surface area contributed by atoms with Crippen molar-refractivity contribution in [2.45, 2.75) is 59.3 Å². The van der Waals surface area contributed by atoms with Gasteiger partial charge in [-0.25, -0.2) is 0 Å². The number of hydrogen-bond acceptors (Lipinski definition) is 2. The number of hydrogen-bond donors (Lipinski definition) is 2. The smallest absolute Gasteiger partial charge is 0.200 e. The fourth-order valence-corrected chi connectivity index (χ4v) is 4.23. The van der Waals surface area contributed by atoms with Crippen LogP contribution in [0.3, 0.4) is 0 Å². The van der Waals surface area contributed by atoms with Gasteiger partial charge in [-0.1, -0.05) is 71.9 Å². The van der Waals surface area contributed by atoms with Crippen LogP contribution < -0.4 is 5.30 Å². The van der Waals surface area contributed by atoms with Crippen LogP contribution in [-0.4, -0.2) is 9.79 Å². The van der Waals surface area contributed by atoms with Crippen molar-refractivity contribution < 1.29 is 9.79 Å². The summed E-state index contributed by atoms with van der Waals surface area (Å²) in [6, 6.07) is 12.0. The highest BCUT2D eigenvalue weighted by molar-refractivity contribution is 7.54. The maximum absolute atomic E-state index is 10.1. The van der Waals surface area contributed by atoms with E-state index in [9.17, 15) is 9.79 Å². The molecular formula is C21H29O2P. The molecule has 0 bridgehead atoms. The van der Waals surface area contributed by atoms with Gasteiger partial charge in [-0.15, -0.1) is 0 Å². The molecule has 0 aliphatic rings. The SMILES string of the molecule is Cc1c(-c2ccccc2)c(P(O)O)cc(C(C)(C)C)c1C(C)(C)C. The average Bonchev–Trinajstić information content (AvgIpc) is 2.44. The third-order valence-electron chi connectivity index (χ3n) is 4.39. The lowest BCUT2D eigenvalue weighted by Gasteiger charge is -2.34. The van der Waals surface area contributed by atoms with E-state index in [0.29, 0.717) is 5.30 Å².